The number of carbonyl (C=O) groups excluding carboxylic acids is 1. The molecule has 3 N–H and O–H groups in total. The molecule has 0 radical (unpaired) electrons. The number of ether oxygens (including phenoxy) is 1. The molecule has 0 aliphatic carbocycles. The van der Waals surface area contributed by atoms with E-state index in [9.17, 15) is 4.79 Å². The molecule has 0 aromatic heterocycles. The summed E-state index contributed by atoms with van der Waals surface area (Å²) in [7, 11) is 0. The quantitative estimate of drug-likeness (QED) is 0.405. The Hall–Kier alpha value is -0.650. The van der Waals surface area contributed by atoms with Crippen molar-refractivity contribution in [3.63, 3.8) is 0 Å². The molecule has 1 fully saturated rings. The standard InChI is InChI=1S/C12H25N3O2/c1-4-15(8-10-6-5-7-17-10)9-12(2,3)11(16)14-13/h10H,4-9,13H2,1-3H3,(H,14,16). The van der Waals surface area contributed by atoms with E-state index < -0.39 is 5.41 Å². The highest BCUT2D eigenvalue weighted by atomic mass is 16.5. The fourth-order valence-corrected chi connectivity index (χ4v) is 2.21. The van der Waals surface area contributed by atoms with Crippen LogP contribution < -0.4 is 11.3 Å². The molecule has 5 nitrogen and oxygen atoms in total. The van der Waals surface area contributed by atoms with Gasteiger partial charge in [-0.25, -0.2) is 5.84 Å². The molecule has 0 bridgehead atoms. The van der Waals surface area contributed by atoms with Crippen molar-refractivity contribution in [2.45, 2.75) is 39.7 Å². The predicted molar refractivity (Wildman–Crippen MR) is 67.2 cm³/mol. The van der Waals surface area contributed by atoms with Crippen LogP contribution in [0.25, 0.3) is 0 Å². The summed E-state index contributed by atoms with van der Waals surface area (Å²) in [6, 6.07) is 0. The number of amides is 1. The van der Waals surface area contributed by atoms with Crippen molar-refractivity contribution in [1.29, 1.82) is 0 Å². The number of nitrogens with one attached hydrogen (secondary N) is 1. The van der Waals surface area contributed by atoms with Crippen LogP contribution in [0.15, 0.2) is 0 Å². The normalized spacial score (nSPS) is 20.9. The smallest absolute Gasteiger partial charge is 0.240 e. The zero-order chi connectivity index (χ0) is 12.9. The molecule has 1 aliphatic heterocycles. The van der Waals surface area contributed by atoms with E-state index in [0.29, 0.717) is 12.6 Å². The molecule has 0 aromatic carbocycles. The second kappa shape index (κ2) is 6.33. The summed E-state index contributed by atoms with van der Waals surface area (Å²) >= 11 is 0. The van der Waals surface area contributed by atoms with Gasteiger partial charge in [0.1, 0.15) is 0 Å². The van der Waals surface area contributed by atoms with Crippen molar-refractivity contribution in [1.82, 2.24) is 10.3 Å². The first kappa shape index (κ1) is 14.4. The SMILES string of the molecule is CCN(CC1CCCO1)CC(C)(C)C(=O)NN. The third-order valence-corrected chi connectivity index (χ3v) is 3.30. The van der Waals surface area contributed by atoms with Crippen molar-refractivity contribution in [3.05, 3.63) is 0 Å². The molecule has 100 valence electrons. The summed E-state index contributed by atoms with van der Waals surface area (Å²) in [5.41, 5.74) is 1.76. The molecule has 0 spiro atoms. The number of nitrogens with zero attached hydrogens (tertiary/aromatic N) is 1. The van der Waals surface area contributed by atoms with E-state index in [1.165, 1.54) is 0 Å². The van der Waals surface area contributed by atoms with Crippen molar-refractivity contribution in [3.8, 4) is 0 Å². The van der Waals surface area contributed by atoms with Crippen molar-refractivity contribution < 1.29 is 9.53 Å². The maximum absolute atomic E-state index is 11.6. The third-order valence-electron chi connectivity index (χ3n) is 3.30. The summed E-state index contributed by atoms with van der Waals surface area (Å²) in [6.07, 6.45) is 2.60. The molecule has 1 saturated heterocycles. The Morgan fingerprint density at radius 1 is 1.59 bits per heavy atom. The minimum atomic E-state index is -0.469. The summed E-state index contributed by atoms with van der Waals surface area (Å²) in [6.45, 7) is 9.31. The molecule has 0 saturated carbocycles. The van der Waals surface area contributed by atoms with E-state index in [-0.39, 0.29) is 5.91 Å². The molecule has 1 heterocycles. The molecule has 1 amide bonds. The van der Waals surface area contributed by atoms with Gasteiger partial charge >= 0.3 is 0 Å². The minimum absolute atomic E-state index is 0.122. The maximum Gasteiger partial charge on any atom is 0.240 e. The average molecular weight is 243 g/mol. The van der Waals surface area contributed by atoms with E-state index in [1.807, 2.05) is 13.8 Å². The minimum Gasteiger partial charge on any atom is -0.377 e. The molecule has 1 rings (SSSR count). The van der Waals surface area contributed by atoms with E-state index in [1.54, 1.807) is 0 Å². The number of nitrogens with two attached hydrogens (primary N) is 1. The fraction of sp³-hybridized carbons (Fsp3) is 0.917. The number of hydrogen-bond acceptors (Lipinski definition) is 4. The summed E-state index contributed by atoms with van der Waals surface area (Å²) in [5.74, 6) is 5.07. The number of hydrazine groups is 1. The molecular formula is C12H25N3O2. The Labute approximate surface area is 104 Å². The molecule has 17 heavy (non-hydrogen) atoms. The van der Waals surface area contributed by atoms with Crippen LogP contribution in [-0.4, -0.2) is 43.2 Å². The van der Waals surface area contributed by atoms with Gasteiger partial charge in [0.2, 0.25) is 5.91 Å². The van der Waals surface area contributed by atoms with Crippen LogP contribution in [0.2, 0.25) is 0 Å². The highest BCUT2D eigenvalue weighted by Gasteiger charge is 2.30. The van der Waals surface area contributed by atoms with Crippen LogP contribution in [0.5, 0.6) is 0 Å². The van der Waals surface area contributed by atoms with Gasteiger partial charge in [-0.1, -0.05) is 6.92 Å². The van der Waals surface area contributed by atoms with Gasteiger partial charge in [0.25, 0.3) is 0 Å². The van der Waals surface area contributed by atoms with E-state index in [2.05, 4.69) is 17.2 Å². The van der Waals surface area contributed by atoms with Crippen LogP contribution in [0.1, 0.15) is 33.6 Å². The lowest BCUT2D eigenvalue weighted by atomic mass is 9.91. The molecule has 1 unspecified atom stereocenters. The molecule has 1 aliphatic rings. The zero-order valence-electron chi connectivity index (χ0n) is 11.2. The van der Waals surface area contributed by atoms with Crippen molar-refractivity contribution >= 4 is 5.91 Å². The number of carbonyl (C=O) groups is 1. The van der Waals surface area contributed by atoms with Gasteiger partial charge < -0.3 is 4.74 Å². The van der Waals surface area contributed by atoms with Crippen molar-refractivity contribution in [2.75, 3.05) is 26.2 Å². The number of likely N-dealkylation sites (N-methyl/N-ethyl adjacent to an activating group) is 1. The molecule has 5 heteroatoms. The lowest BCUT2D eigenvalue weighted by molar-refractivity contribution is -0.130. The first-order chi connectivity index (χ1) is 7.99. The van der Waals surface area contributed by atoms with Crippen LogP contribution in [-0.2, 0) is 9.53 Å². The Morgan fingerprint density at radius 2 is 2.29 bits per heavy atom. The van der Waals surface area contributed by atoms with E-state index in [4.69, 9.17) is 10.6 Å². The number of rotatable bonds is 6. The van der Waals surface area contributed by atoms with Gasteiger partial charge in [-0.3, -0.25) is 15.1 Å². The lowest BCUT2D eigenvalue weighted by Gasteiger charge is -2.31. The second-order valence-corrected chi connectivity index (χ2v) is 5.32. The van der Waals surface area contributed by atoms with E-state index in [0.717, 1.165) is 32.5 Å². The van der Waals surface area contributed by atoms with Gasteiger partial charge in [-0.2, -0.15) is 0 Å². The summed E-state index contributed by atoms with van der Waals surface area (Å²) < 4.78 is 5.62. The van der Waals surface area contributed by atoms with Gasteiger partial charge in [-0.05, 0) is 33.2 Å². The monoisotopic (exact) mass is 243 g/mol. The molecular weight excluding hydrogens is 218 g/mol. The predicted octanol–water partition coefficient (Wildman–Crippen LogP) is 0.503. The fourth-order valence-electron chi connectivity index (χ4n) is 2.21. The first-order valence-electron chi connectivity index (χ1n) is 6.34. The van der Waals surface area contributed by atoms with Crippen LogP contribution in [0.3, 0.4) is 0 Å². The van der Waals surface area contributed by atoms with Gasteiger partial charge in [-0.15, -0.1) is 0 Å². The Morgan fingerprint density at radius 3 is 2.76 bits per heavy atom. The molecule has 1 atom stereocenters. The Kier molecular flexibility index (Phi) is 5.36. The second-order valence-electron chi connectivity index (χ2n) is 5.32. The molecule has 0 aromatic rings. The average Bonchev–Trinajstić information content (AvgIpc) is 2.79. The lowest BCUT2D eigenvalue weighted by Crippen LogP contribution is -2.48. The largest absolute Gasteiger partial charge is 0.377 e. The number of hydrogen-bond donors (Lipinski definition) is 2. The highest BCUT2D eigenvalue weighted by Crippen LogP contribution is 2.19. The summed E-state index contributed by atoms with van der Waals surface area (Å²) in [4.78, 5) is 13.9. The Balaban J connectivity index is 2.47. The van der Waals surface area contributed by atoms with Gasteiger partial charge in [0.15, 0.2) is 0 Å². The first-order valence-corrected chi connectivity index (χ1v) is 6.34. The van der Waals surface area contributed by atoms with Crippen LogP contribution in [0.4, 0.5) is 0 Å². The van der Waals surface area contributed by atoms with Crippen molar-refractivity contribution in [2.24, 2.45) is 11.3 Å². The van der Waals surface area contributed by atoms with E-state index >= 15 is 0 Å². The third kappa shape index (κ3) is 4.26. The van der Waals surface area contributed by atoms with Crippen LogP contribution >= 0.6 is 0 Å². The maximum atomic E-state index is 11.6. The topological polar surface area (TPSA) is 67.6 Å². The van der Waals surface area contributed by atoms with Crippen LogP contribution in [0, 0.1) is 5.41 Å². The highest BCUT2D eigenvalue weighted by molar-refractivity contribution is 5.81. The van der Waals surface area contributed by atoms with Gasteiger partial charge in [0, 0.05) is 19.7 Å². The van der Waals surface area contributed by atoms with Gasteiger partial charge in [0.05, 0.1) is 11.5 Å². The summed E-state index contributed by atoms with van der Waals surface area (Å²) in [5, 5.41) is 0. The zero-order valence-corrected chi connectivity index (χ0v) is 11.2. The Bertz CT molecular complexity index is 250.